The van der Waals surface area contributed by atoms with Gasteiger partial charge in [0.1, 0.15) is 0 Å². The van der Waals surface area contributed by atoms with Gasteiger partial charge in [0.05, 0.1) is 5.70 Å². The van der Waals surface area contributed by atoms with Gasteiger partial charge in [0.25, 0.3) is 0 Å². The van der Waals surface area contributed by atoms with E-state index in [1.54, 1.807) is 0 Å². The standard InChI is InChI=1S/C16H14N2O2/c1-11-7-3-4-8-12(11)15-17-14(16(19)20-15)13-9-5-6-10-18(13)2/h3-10H,1-2H3/b14-13-. The van der Waals surface area contributed by atoms with Crippen molar-refractivity contribution < 1.29 is 9.53 Å². The minimum atomic E-state index is -0.412. The summed E-state index contributed by atoms with van der Waals surface area (Å²) in [6.07, 6.45) is 7.49. The fourth-order valence-corrected chi connectivity index (χ4v) is 2.17. The van der Waals surface area contributed by atoms with E-state index in [1.165, 1.54) is 0 Å². The number of aliphatic imine (C=N–C) groups is 1. The largest absolute Gasteiger partial charge is 0.402 e. The Balaban J connectivity index is 2.06. The summed E-state index contributed by atoms with van der Waals surface area (Å²) in [4.78, 5) is 18.3. The first kappa shape index (κ1) is 12.4. The minimum absolute atomic E-state index is 0.339. The maximum Gasteiger partial charge on any atom is 0.366 e. The molecule has 0 aliphatic carbocycles. The summed E-state index contributed by atoms with van der Waals surface area (Å²) >= 11 is 0. The maximum atomic E-state index is 12.0. The second-order valence-electron chi connectivity index (χ2n) is 4.67. The topological polar surface area (TPSA) is 41.9 Å². The summed E-state index contributed by atoms with van der Waals surface area (Å²) in [6.45, 7) is 1.96. The minimum Gasteiger partial charge on any atom is -0.402 e. The van der Waals surface area contributed by atoms with Crippen molar-refractivity contribution in [3.63, 3.8) is 0 Å². The third-order valence-corrected chi connectivity index (χ3v) is 3.27. The van der Waals surface area contributed by atoms with Crippen LogP contribution in [0.4, 0.5) is 0 Å². The Morgan fingerprint density at radius 2 is 2.00 bits per heavy atom. The van der Waals surface area contributed by atoms with Crippen molar-refractivity contribution in [2.75, 3.05) is 7.05 Å². The Bertz CT molecular complexity index is 696. The van der Waals surface area contributed by atoms with Gasteiger partial charge in [-0.1, -0.05) is 24.3 Å². The summed E-state index contributed by atoms with van der Waals surface area (Å²) in [5.74, 6) is -0.0444. The van der Waals surface area contributed by atoms with E-state index in [-0.39, 0.29) is 0 Å². The molecule has 4 nitrogen and oxygen atoms in total. The number of ether oxygens (including phenoxy) is 1. The van der Waals surface area contributed by atoms with E-state index in [2.05, 4.69) is 4.99 Å². The second-order valence-corrected chi connectivity index (χ2v) is 4.67. The molecule has 100 valence electrons. The first-order valence-corrected chi connectivity index (χ1v) is 6.35. The Morgan fingerprint density at radius 1 is 1.20 bits per heavy atom. The summed E-state index contributed by atoms with van der Waals surface area (Å²) in [5.41, 5.74) is 2.94. The zero-order valence-corrected chi connectivity index (χ0v) is 11.3. The van der Waals surface area contributed by atoms with E-state index in [9.17, 15) is 4.79 Å². The smallest absolute Gasteiger partial charge is 0.366 e. The average Bonchev–Trinajstić information content (AvgIpc) is 2.81. The highest BCUT2D eigenvalue weighted by Crippen LogP contribution is 2.24. The molecule has 0 fully saturated rings. The number of likely N-dealkylation sites (N-methyl/N-ethyl adjacent to an activating group) is 1. The molecule has 0 aromatic heterocycles. The number of esters is 1. The molecule has 2 aliphatic rings. The summed E-state index contributed by atoms with van der Waals surface area (Å²) in [6, 6.07) is 7.71. The number of benzene rings is 1. The lowest BCUT2D eigenvalue weighted by Crippen LogP contribution is -2.15. The Kier molecular flexibility index (Phi) is 2.99. The maximum absolute atomic E-state index is 12.0. The fraction of sp³-hybridized carbons (Fsp3) is 0.125. The molecule has 1 aromatic rings. The number of cyclic esters (lactones) is 1. The normalized spacial score (nSPS) is 21.2. The number of rotatable bonds is 1. The molecule has 0 unspecified atom stereocenters. The highest BCUT2D eigenvalue weighted by atomic mass is 16.6. The first-order chi connectivity index (χ1) is 9.66. The zero-order valence-electron chi connectivity index (χ0n) is 11.3. The van der Waals surface area contributed by atoms with Crippen LogP contribution in [0.3, 0.4) is 0 Å². The molecule has 3 rings (SSSR count). The Morgan fingerprint density at radius 3 is 2.75 bits per heavy atom. The number of hydrogen-bond acceptors (Lipinski definition) is 4. The molecule has 0 saturated carbocycles. The molecule has 4 heteroatoms. The Labute approximate surface area is 117 Å². The van der Waals surface area contributed by atoms with Crippen LogP contribution in [0.15, 0.2) is 65.1 Å². The molecule has 20 heavy (non-hydrogen) atoms. The van der Waals surface area contributed by atoms with Gasteiger partial charge in [0, 0.05) is 18.8 Å². The third-order valence-electron chi connectivity index (χ3n) is 3.27. The van der Waals surface area contributed by atoms with E-state index >= 15 is 0 Å². The van der Waals surface area contributed by atoms with Crippen LogP contribution >= 0.6 is 0 Å². The predicted molar refractivity (Wildman–Crippen MR) is 76.9 cm³/mol. The molecule has 0 amide bonds. The van der Waals surface area contributed by atoms with Crippen molar-refractivity contribution in [2.24, 2.45) is 4.99 Å². The van der Waals surface area contributed by atoms with Crippen LogP contribution in [-0.2, 0) is 9.53 Å². The number of aryl methyl sites for hydroxylation is 1. The highest BCUT2D eigenvalue weighted by molar-refractivity contribution is 6.12. The van der Waals surface area contributed by atoms with Gasteiger partial charge in [-0.3, -0.25) is 0 Å². The predicted octanol–water partition coefficient (Wildman–Crippen LogP) is 2.53. The molecule has 0 atom stereocenters. The van der Waals surface area contributed by atoms with Crippen LogP contribution in [0.2, 0.25) is 0 Å². The first-order valence-electron chi connectivity index (χ1n) is 6.35. The highest BCUT2D eigenvalue weighted by Gasteiger charge is 2.28. The third kappa shape index (κ3) is 2.05. The molecule has 0 N–H and O–H groups in total. The van der Waals surface area contributed by atoms with E-state index in [0.717, 1.165) is 16.8 Å². The number of nitrogens with zero attached hydrogens (tertiary/aromatic N) is 2. The summed E-state index contributed by atoms with van der Waals surface area (Å²) < 4.78 is 5.31. The van der Waals surface area contributed by atoms with Gasteiger partial charge in [-0.15, -0.1) is 0 Å². The van der Waals surface area contributed by atoms with Crippen molar-refractivity contribution >= 4 is 11.9 Å². The lowest BCUT2D eigenvalue weighted by atomic mass is 10.1. The van der Waals surface area contributed by atoms with Gasteiger partial charge < -0.3 is 9.64 Å². The zero-order chi connectivity index (χ0) is 14.1. The van der Waals surface area contributed by atoms with Crippen LogP contribution in [0.25, 0.3) is 0 Å². The van der Waals surface area contributed by atoms with Gasteiger partial charge in [0.15, 0.2) is 5.70 Å². The lowest BCUT2D eigenvalue weighted by Gasteiger charge is -2.17. The fourth-order valence-electron chi connectivity index (χ4n) is 2.17. The van der Waals surface area contributed by atoms with Crippen LogP contribution < -0.4 is 0 Å². The summed E-state index contributed by atoms with van der Waals surface area (Å²) in [7, 11) is 1.87. The molecule has 2 aliphatic heterocycles. The molecule has 0 radical (unpaired) electrons. The average molecular weight is 266 g/mol. The van der Waals surface area contributed by atoms with Crippen molar-refractivity contribution in [1.29, 1.82) is 0 Å². The Hall–Kier alpha value is -2.62. The number of allylic oxidation sites excluding steroid dienone is 3. The monoisotopic (exact) mass is 266 g/mol. The number of carbonyl (C=O) groups is 1. The van der Waals surface area contributed by atoms with Crippen LogP contribution in [0, 0.1) is 6.92 Å². The van der Waals surface area contributed by atoms with Crippen molar-refractivity contribution in [3.8, 4) is 0 Å². The van der Waals surface area contributed by atoms with Crippen molar-refractivity contribution in [1.82, 2.24) is 4.90 Å². The van der Waals surface area contributed by atoms with E-state index in [4.69, 9.17) is 4.74 Å². The number of hydrogen-bond donors (Lipinski definition) is 0. The molecular formula is C16H14N2O2. The van der Waals surface area contributed by atoms with Crippen molar-refractivity contribution in [2.45, 2.75) is 6.92 Å². The van der Waals surface area contributed by atoms with Gasteiger partial charge in [-0.05, 0) is 30.7 Å². The molecule has 1 aromatic carbocycles. The summed E-state index contributed by atoms with van der Waals surface area (Å²) in [5, 5.41) is 0. The van der Waals surface area contributed by atoms with E-state index in [1.807, 2.05) is 67.6 Å². The molecule has 0 spiro atoms. The number of carbonyl (C=O) groups excluding carboxylic acids is 1. The molecule has 0 saturated heterocycles. The lowest BCUT2D eigenvalue weighted by molar-refractivity contribution is -0.130. The van der Waals surface area contributed by atoms with E-state index < -0.39 is 5.97 Å². The van der Waals surface area contributed by atoms with Gasteiger partial charge in [0.2, 0.25) is 5.90 Å². The van der Waals surface area contributed by atoms with Crippen LogP contribution in [0.1, 0.15) is 11.1 Å². The van der Waals surface area contributed by atoms with Crippen LogP contribution in [-0.4, -0.2) is 23.8 Å². The quantitative estimate of drug-likeness (QED) is 0.579. The van der Waals surface area contributed by atoms with E-state index in [0.29, 0.717) is 11.6 Å². The molecular weight excluding hydrogens is 252 g/mol. The molecule has 2 heterocycles. The van der Waals surface area contributed by atoms with Gasteiger partial charge >= 0.3 is 5.97 Å². The molecule has 0 bridgehead atoms. The van der Waals surface area contributed by atoms with Crippen molar-refractivity contribution in [3.05, 3.63) is 71.2 Å². The van der Waals surface area contributed by atoms with Gasteiger partial charge in [-0.25, -0.2) is 9.79 Å². The van der Waals surface area contributed by atoms with Gasteiger partial charge in [-0.2, -0.15) is 0 Å². The SMILES string of the molecule is Cc1ccccc1C1=N/C(=C2/C=CC=CN2C)C(=O)O1. The second kappa shape index (κ2) is 4.81. The van der Waals surface area contributed by atoms with Crippen LogP contribution in [0.5, 0.6) is 0 Å².